The summed E-state index contributed by atoms with van der Waals surface area (Å²) in [5.41, 5.74) is 1.38. The van der Waals surface area contributed by atoms with Crippen LogP contribution in [0, 0.1) is 5.92 Å². The molecule has 0 saturated heterocycles. The zero-order valence-corrected chi connectivity index (χ0v) is 6.72. The van der Waals surface area contributed by atoms with Crippen LogP contribution in [0.5, 0.6) is 0 Å². The first kappa shape index (κ1) is 7.39. The molecule has 0 amide bonds. The number of hydrogen-bond donors (Lipinski definition) is 1. The molecule has 1 aliphatic rings. The van der Waals surface area contributed by atoms with Crippen molar-refractivity contribution in [2.45, 2.75) is 26.7 Å². The monoisotopic (exact) mass is 137 g/mol. The molecule has 0 aromatic heterocycles. The van der Waals surface area contributed by atoms with Gasteiger partial charge in [-0.05, 0) is 25.0 Å². The Bertz CT molecular complexity index is 156. The standard InChI is InChI=1S/C9H15N/c1-3-4-7-10-9-6-5-8(9)2/h4,6-8,10H,3,5H2,1-2H3/b7-4+/t8-/m1/s1. The van der Waals surface area contributed by atoms with E-state index in [1.165, 1.54) is 12.1 Å². The van der Waals surface area contributed by atoms with Crippen LogP contribution in [0.15, 0.2) is 24.0 Å². The lowest BCUT2D eigenvalue weighted by Crippen LogP contribution is -2.19. The number of nitrogens with one attached hydrogen (secondary N) is 1. The second-order valence-corrected chi connectivity index (χ2v) is 2.75. The molecule has 0 aromatic rings. The molecule has 0 heterocycles. The molecule has 1 N–H and O–H groups in total. The van der Waals surface area contributed by atoms with Crippen molar-refractivity contribution in [3.8, 4) is 0 Å². The summed E-state index contributed by atoms with van der Waals surface area (Å²) in [7, 11) is 0. The van der Waals surface area contributed by atoms with Gasteiger partial charge in [-0.1, -0.05) is 26.0 Å². The molecule has 1 nitrogen and oxygen atoms in total. The predicted octanol–water partition coefficient (Wildman–Crippen LogP) is 2.42. The fourth-order valence-corrected chi connectivity index (χ4v) is 0.946. The minimum absolute atomic E-state index is 0.751. The first-order valence-corrected chi connectivity index (χ1v) is 3.96. The van der Waals surface area contributed by atoms with E-state index in [-0.39, 0.29) is 0 Å². The van der Waals surface area contributed by atoms with E-state index in [0.717, 1.165) is 12.3 Å². The number of allylic oxidation sites excluding steroid dienone is 3. The smallest absolute Gasteiger partial charge is 0.0138 e. The largest absolute Gasteiger partial charge is 0.365 e. The van der Waals surface area contributed by atoms with Crippen molar-refractivity contribution in [1.82, 2.24) is 5.32 Å². The summed E-state index contributed by atoms with van der Waals surface area (Å²) in [6.45, 7) is 4.37. The predicted molar refractivity (Wildman–Crippen MR) is 44.4 cm³/mol. The van der Waals surface area contributed by atoms with Gasteiger partial charge in [0.15, 0.2) is 0 Å². The van der Waals surface area contributed by atoms with Crippen molar-refractivity contribution in [3.63, 3.8) is 0 Å². The van der Waals surface area contributed by atoms with E-state index in [4.69, 9.17) is 0 Å². The van der Waals surface area contributed by atoms with E-state index in [9.17, 15) is 0 Å². The van der Waals surface area contributed by atoms with Crippen molar-refractivity contribution < 1.29 is 0 Å². The first-order chi connectivity index (χ1) is 4.84. The fraction of sp³-hybridized carbons (Fsp3) is 0.556. The Morgan fingerprint density at radius 2 is 2.60 bits per heavy atom. The summed E-state index contributed by atoms with van der Waals surface area (Å²) >= 11 is 0. The van der Waals surface area contributed by atoms with Gasteiger partial charge < -0.3 is 5.32 Å². The van der Waals surface area contributed by atoms with Crippen molar-refractivity contribution in [3.05, 3.63) is 24.0 Å². The molecule has 0 aliphatic heterocycles. The molecule has 0 bridgehead atoms. The van der Waals surface area contributed by atoms with E-state index in [2.05, 4.69) is 31.3 Å². The third-order valence-corrected chi connectivity index (χ3v) is 1.83. The average Bonchev–Trinajstić information content (AvgIpc) is 1.95. The summed E-state index contributed by atoms with van der Waals surface area (Å²) in [5.74, 6) is 0.751. The van der Waals surface area contributed by atoms with Crippen molar-refractivity contribution >= 4 is 0 Å². The maximum atomic E-state index is 3.25. The quantitative estimate of drug-likeness (QED) is 0.630. The lowest BCUT2D eigenvalue weighted by Gasteiger charge is -2.22. The summed E-state index contributed by atoms with van der Waals surface area (Å²) in [5, 5.41) is 3.25. The summed E-state index contributed by atoms with van der Waals surface area (Å²) in [6.07, 6.45) is 8.75. The highest BCUT2D eigenvalue weighted by atomic mass is 14.9. The topological polar surface area (TPSA) is 12.0 Å². The number of hydrogen-bond acceptors (Lipinski definition) is 1. The Hall–Kier alpha value is -0.720. The van der Waals surface area contributed by atoms with E-state index in [0.29, 0.717) is 0 Å². The second-order valence-electron chi connectivity index (χ2n) is 2.75. The van der Waals surface area contributed by atoms with E-state index in [1.807, 2.05) is 6.20 Å². The molecule has 0 spiro atoms. The summed E-state index contributed by atoms with van der Waals surface area (Å²) < 4.78 is 0. The Morgan fingerprint density at radius 1 is 1.80 bits per heavy atom. The maximum absolute atomic E-state index is 3.25. The van der Waals surface area contributed by atoms with E-state index < -0.39 is 0 Å². The molecule has 1 aliphatic carbocycles. The van der Waals surface area contributed by atoms with E-state index >= 15 is 0 Å². The fourth-order valence-electron chi connectivity index (χ4n) is 0.946. The Morgan fingerprint density at radius 3 is 3.00 bits per heavy atom. The van der Waals surface area contributed by atoms with Crippen LogP contribution in [0.2, 0.25) is 0 Å². The molecule has 56 valence electrons. The van der Waals surface area contributed by atoms with Gasteiger partial charge in [0, 0.05) is 5.70 Å². The second kappa shape index (κ2) is 3.45. The van der Waals surface area contributed by atoms with Crippen molar-refractivity contribution in [1.29, 1.82) is 0 Å². The van der Waals surface area contributed by atoms with Gasteiger partial charge in [0.25, 0.3) is 0 Å². The molecule has 1 atom stereocenters. The van der Waals surface area contributed by atoms with Gasteiger partial charge in [-0.3, -0.25) is 0 Å². The number of rotatable bonds is 3. The molecule has 1 rings (SSSR count). The van der Waals surface area contributed by atoms with Crippen LogP contribution in [0.25, 0.3) is 0 Å². The van der Waals surface area contributed by atoms with Crippen LogP contribution in [-0.2, 0) is 0 Å². The molecule has 10 heavy (non-hydrogen) atoms. The zero-order valence-electron chi connectivity index (χ0n) is 6.72. The molecule has 0 fully saturated rings. The van der Waals surface area contributed by atoms with Gasteiger partial charge in [-0.2, -0.15) is 0 Å². The highest BCUT2D eigenvalue weighted by Gasteiger charge is 2.13. The third-order valence-electron chi connectivity index (χ3n) is 1.83. The molecule has 1 heteroatoms. The zero-order chi connectivity index (χ0) is 7.40. The molecular weight excluding hydrogens is 122 g/mol. The molecule has 0 aromatic carbocycles. The van der Waals surface area contributed by atoms with Gasteiger partial charge in [0.2, 0.25) is 0 Å². The Balaban J connectivity index is 2.20. The van der Waals surface area contributed by atoms with Crippen LogP contribution in [-0.4, -0.2) is 0 Å². The van der Waals surface area contributed by atoms with Gasteiger partial charge in [-0.25, -0.2) is 0 Å². The normalized spacial score (nSPS) is 24.2. The van der Waals surface area contributed by atoms with Gasteiger partial charge in [-0.15, -0.1) is 0 Å². The highest BCUT2D eigenvalue weighted by molar-refractivity contribution is 5.16. The lowest BCUT2D eigenvalue weighted by atomic mass is 9.93. The summed E-state index contributed by atoms with van der Waals surface area (Å²) in [4.78, 5) is 0. The van der Waals surface area contributed by atoms with Gasteiger partial charge in [0.1, 0.15) is 0 Å². The maximum Gasteiger partial charge on any atom is 0.0138 e. The minimum atomic E-state index is 0.751. The lowest BCUT2D eigenvalue weighted by molar-refractivity contribution is 0.583. The third kappa shape index (κ3) is 1.63. The summed E-state index contributed by atoms with van der Waals surface area (Å²) in [6, 6.07) is 0. The van der Waals surface area contributed by atoms with Crippen LogP contribution in [0.3, 0.4) is 0 Å². The Labute approximate surface area is 62.8 Å². The minimum Gasteiger partial charge on any atom is -0.365 e. The molecule has 0 radical (unpaired) electrons. The SMILES string of the molecule is CC/C=C/NC1=CC[C@H]1C. The first-order valence-electron chi connectivity index (χ1n) is 3.96. The molecule has 0 saturated carbocycles. The van der Waals surface area contributed by atoms with Crippen molar-refractivity contribution in [2.75, 3.05) is 0 Å². The molecule has 0 unspecified atom stereocenters. The van der Waals surface area contributed by atoms with Gasteiger partial charge in [0.05, 0.1) is 0 Å². The van der Waals surface area contributed by atoms with Crippen LogP contribution in [0.4, 0.5) is 0 Å². The van der Waals surface area contributed by atoms with Crippen LogP contribution >= 0.6 is 0 Å². The van der Waals surface area contributed by atoms with Crippen LogP contribution in [0.1, 0.15) is 26.7 Å². The van der Waals surface area contributed by atoms with Crippen molar-refractivity contribution in [2.24, 2.45) is 5.92 Å². The van der Waals surface area contributed by atoms with Gasteiger partial charge >= 0.3 is 0 Å². The van der Waals surface area contributed by atoms with E-state index in [1.54, 1.807) is 0 Å². The average molecular weight is 137 g/mol. The highest BCUT2D eigenvalue weighted by Crippen LogP contribution is 2.23. The molecular formula is C9H15N. The van der Waals surface area contributed by atoms with Crippen LogP contribution < -0.4 is 5.32 Å². The Kier molecular flexibility index (Phi) is 2.55.